The Morgan fingerprint density at radius 2 is 1.74 bits per heavy atom. The fraction of sp³-hybridized carbons (Fsp3) is 0.556. The van der Waals surface area contributed by atoms with Gasteiger partial charge in [-0.25, -0.2) is 27.1 Å². The Morgan fingerprint density at radius 3 is 2.29 bits per heavy atom. The van der Waals surface area contributed by atoms with Crippen LogP contribution in [-0.4, -0.2) is 72.6 Å². The second-order valence-electron chi connectivity index (χ2n) is 10.2. The van der Waals surface area contributed by atoms with Crippen LogP contribution < -0.4 is 4.31 Å². The molecule has 1 aliphatic rings. The topological polar surface area (TPSA) is 122 Å². The van der Waals surface area contributed by atoms with Crippen molar-refractivity contribution in [3.05, 3.63) is 47.4 Å². The number of hydrogen-bond acceptors (Lipinski definition) is 8. The Morgan fingerprint density at radius 1 is 1.13 bits per heavy atom. The molecule has 11 heteroatoms. The van der Waals surface area contributed by atoms with Gasteiger partial charge in [-0.1, -0.05) is 26.0 Å². The second-order valence-corrected chi connectivity index (χ2v) is 12.2. The van der Waals surface area contributed by atoms with Gasteiger partial charge in [-0.3, -0.25) is 0 Å². The summed E-state index contributed by atoms with van der Waals surface area (Å²) in [4.78, 5) is 9.03. The van der Waals surface area contributed by atoms with Gasteiger partial charge >= 0.3 is 0 Å². The Balaban J connectivity index is 1.91. The lowest BCUT2D eigenvalue weighted by atomic mass is 9.97. The Kier molecular flexibility index (Phi) is 9.99. The highest BCUT2D eigenvalue weighted by atomic mass is 32.2. The van der Waals surface area contributed by atoms with Crippen molar-refractivity contribution < 1.29 is 32.5 Å². The average molecular weight is 552 g/mol. The number of anilines is 1. The Labute approximate surface area is 224 Å². The molecule has 5 atom stereocenters. The number of ether oxygens (including phenoxy) is 2. The summed E-state index contributed by atoms with van der Waals surface area (Å²) < 4.78 is 50.5. The van der Waals surface area contributed by atoms with Crippen LogP contribution in [0.5, 0.6) is 0 Å². The number of hydrogen-bond donors (Lipinski definition) is 2. The Hall–Kier alpha value is -2.44. The van der Waals surface area contributed by atoms with Crippen molar-refractivity contribution in [2.24, 2.45) is 0 Å². The zero-order valence-corrected chi connectivity index (χ0v) is 23.5. The summed E-state index contributed by atoms with van der Waals surface area (Å²) in [5.41, 5.74) is 2.07. The Bertz CT molecular complexity index is 1210. The smallest absolute Gasteiger partial charge is 0.239 e. The highest BCUT2D eigenvalue weighted by molar-refractivity contribution is 7.92. The number of rotatable bonds is 10. The van der Waals surface area contributed by atoms with E-state index in [1.165, 1.54) is 25.3 Å². The molecular weight excluding hydrogens is 513 g/mol. The van der Waals surface area contributed by atoms with E-state index >= 15 is 0 Å². The van der Waals surface area contributed by atoms with Crippen LogP contribution >= 0.6 is 0 Å². The number of halogens is 1. The van der Waals surface area contributed by atoms with E-state index in [-0.39, 0.29) is 36.9 Å². The summed E-state index contributed by atoms with van der Waals surface area (Å²) in [5.74, 6) is -0.563. The number of aromatic nitrogens is 2. The van der Waals surface area contributed by atoms with Gasteiger partial charge in [0.15, 0.2) is 6.29 Å². The third kappa shape index (κ3) is 8.03. The highest BCUT2D eigenvalue weighted by Gasteiger charge is 2.27. The van der Waals surface area contributed by atoms with Crippen molar-refractivity contribution in [2.75, 3.05) is 17.6 Å². The van der Waals surface area contributed by atoms with Gasteiger partial charge in [0.2, 0.25) is 16.0 Å². The molecule has 2 N–H and O–H groups in total. The van der Waals surface area contributed by atoms with Gasteiger partial charge in [0.05, 0.1) is 42.1 Å². The maximum Gasteiger partial charge on any atom is 0.239 e. The molecule has 9 nitrogen and oxygen atoms in total. The zero-order valence-electron chi connectivity index (χ0n) is 22.7. The van der Waals surface area contributed by atoms with E-state index in [0.717, 1.165) is 17.0 Å². The van der Waals surface area contributed by atoms with E-state index in [1.807, 2.05) is 27.7 Å². The number of nitrogens with zero attached hydrogens (tertiary/aromatic N) is 3. The monoisotopic (exact) mass is 551 g/mol. The van der Waals surface area contributed by atoms with Crippen LogP contribution in [0.2, 0.25) is 0 Å². The zero-order chi connectivity index (χ0) is 28.2. The molecule has 1 aliphatic heterocycles. The van der Waals surface area contributed by atoms with E-state index in [0.29, 0.717) is 22.5 Å². The molecule has 2 aromatic rings. The molecule has 38 heavy (non-hydrogen) atoms. The van der Waals surface area contributed by atoms with Gasteiger partial charge < -0.3 is 19.7 Å². The third-order valence-corrected chi connectivity index (χ3v) is 7.46. The average Bonchev–Trinajstić information content (AvgIpc) is 2.80. The summed E-state index contributed by atoms with van der Waals surface area (Å²) in [5, 5.41) is 21.2. The predicted octanol–water partition coefficient (Wildman–Crippen LogP) is 3.86. The fourth-order valence-electron chi connectivity index (χ4n) is 4.32. The summed E-state index contributed by atoms with van der Waals surface area (Å²) in [6.45, 7) is 7.74. The summed E-state index contributed by atoms with van der Waals surface area (Å²) in [7, 11) is -2.27. The molecule has 1 fully saturated rings. The molecule has 2 heterocycles. The van der Waals surface area contributed by atoms with Crippen LogP contribution in [0.3, 0.4) is 0 Å². The molecule has 3 rings (SSSR count). The molecule has 0 unspecified atom stereocenters. The molecule has 1 saturated heterocycles. The molecule has 1 aromatic carbocycles. The van der Waals surface area contributed by atoms with Crippen LogP contribution in [-0.2, 0) is 19.5 Å². The molecule has 0 amide bonds. The van der Waals surface area contributed by atoms with E-state index in [9.17, 15) is 23.0 Å². The fourth-order valence-corrected chi connectivity index (χ4v) is 4.70. The SMILES string of the molecule is CC(C)c1nc(N(C)S(C)(=O)=O)nc(-c2ccc(F)cc2)c1/C=C/[C@@H](O)C[C@@H](O)C[C@H]1O[C@H](C)C[C@H](C)O1. The first kappa shape index (κ1) is 30.1. The van der Waals surface area contributed by atoms with Gasteiger partial charge in [-0.15, -0.1) is 0 Å². The summed E-state index contributed by atoms with van der Waals surface area (Å²) in [6, 6.07) is 5.69. The largest absolute Gasteiger partial charge is 0.393 e. The molecule has 0 bridgehead atoms. The van der Waals surface area contributed by atoms with E-state index in [2.05, 4.69) is 9.97 Å². The summed E-state index contributed by atoms with van der Waals surface area (Å²) in [6.07, 6.45) is 3.00. The molecule has 1 aromatic heterocycles. The van der Waals surface area contributed by atoms with Crippen molar-refractivity contribution in [3.8, 4) is 11.3 Å². The van der Waals surface area contributed by atoms with Gasteiger partial charge in [0.25, 0.3) is 0 Å². The second kappa shape index (κ2) is 12.6. The van der Waals surface area contributed by atoms with Gasteiger partial charge in [0, 0.05) is 31.0 Å². The van der Waals surface area contributed by atoms with Gasteiger partial charge in [-0.2, -0.15) is 0 Å². The quantitative estimate of drug-likeness (QED) is 0.457. The van der Waals surface area contributed by atoms with E-state index < -0.39 is 34.3 Å². The minimum atomic E-state index is -3.63. The lowest BCUT2D eigenvalue weighted by molar-refractivity contribution is -0.243. The summed E-state index contributed by atoms with van der Waals surface area (Å²) >= 11 is 0. The predicted molar refractivity (Wildman–Crippen MR) is 145 cm³/mol. The molecule has 0 radical (unpaired) electrons. The van der Waals surface area contributed by atoms with Crippen molar-refractivity contribution >= 4 is 22.0 Å². The van der Waals surface area contributed by atoms with Crippen LogP contribution in [0.15, 0.2) is 30.3 Å². The third-order valence-electron chi connectivity index (χ3n) is 6.30. The van der Waals surface area contributed by atoms with Crippen LogP contribution in [0.4, 0.5) is 10.3 Å². The number of aliphatic hydroxyl groups is 2. The lowest BCUT2D eigenvalue weighted by Crippen LogP contribution is -2.37. The first-order valence-corrected chi connectivity index (χ1v) is 14.6. The molecule has 210 valence electrons. The molecule has 0 aliphatic carbocycles. The van der Waals surface area contributed by atoms with Crippen molar-refractivity contribution in [2.45, 2.75) is 83.6 Å². The van der Waals surface area contributed by atoms with E-state index in [1.54, 1.807) is 18.2 Å². The standard InChI is InChI=1S/C27H38FN3O6S/c1-16(2)25-23(12-11-21(32)14-22(33)15-24-36-17(3)13-18(4)37-24)26(19-7-9-20(28)10-8-19)30-27(29-25)31(5)38(6,34)35/h7-12,16-18,21-22,24,32-33H,13-15H2,1-6H3/b12-11+/t17-,18+,21-,22-,24+/m1/s1. The molecule has 0 spiro atoms. The minimum absolute atomic E-state index is 0.0143. The van der Waals surface area contributed by atoms with Crippen molar-refractivity contribution in [1.82, 2.24) is 9.97 Å². The van der Waals surface area contributed by atoms with Crippen molar-refractivity contribution in [3.63, 3.8) is 0 Å². The van der Waals surface area contributed by atoms with Crippen LogP contribution in [0.1, 0.15) is 64.1 Å². The minimum Gasteiger partial charge on any atom is -0.393 e. The number of benzene rings is 1. The van der Waals surface area contributed by atoms with Gasteiger partial charge in [-0.05, 0) is 50.5 Å². The first-order valence-electron chi connectivity index (χ1n) is 12.7. The molecular formula is C27H38FN3O6S. The first-order chi connectivity index (χ1) is 17.7. The normalized spacial score (nSPS) is 22.1. The maximum atomic E-state index is 13.7. The number of aliphatic hydroxyl groups excluding tert-OH is 2. The van der Waals surface area contributed by atoms with Crippen LogP contribution in [0.25, 0.3) is 17.3 Å². The number of sulfonamides is 1. The maximum absolute atomic E-state index is 13.7. The molecule has 0 saturated carbocycles. The van der Waals surface area contributed by atoms with Crippen molar-refractivity contribution in [1.29, 1.82) is 0 Å². The highest BCUT2D eigenvalue weighted by Crippen LogP contribution is 2.32. The lowest BCUT2D eigenvalue weighted by Gasteiger charge is -2.33. The van der Waals surface area contributed by atoms with Gasteiger partial charge in [0.1, 0.15) is 5.82 Å². The van der Waals surface area contributed by atoms with Crippen LogP contribution in [0, 0.1) is 5.82 Å². The van der Waals surface area contributed by atoms with E-state index in [4.69, 9.17) is 9.47 Å².